The van der Waals surface area contributed by atoms with Gasteiger partial charge in [-0.15, -0.1) is 0 Å². The number of benzene rings is 2. The van der Waals surface area contributed by atoms with Crippen molar-refractivity contribution in [3.05, 3.63) is 54.1 Å². The van der Waals surface area contributed by atoms with Gasteiger partial charge in [-0.3, -0.25) is 4.79 Å². The van der Waals surface area contributed by atoms with E-state index < -0.39 is 10.0 Å². The summed E-state index contributed by atoms with van der Waals surface area (Å²) in [5.41, 5.74) is 2.36. The van der Waals surface area contributed by atoms with Gasteiger partial charge in [0.05, 0.1) is 22.8 Å². The first kappa shape index (κ1) is 23.1. The SMILES string of the molecule is CCOc1ccc2nc(SCC(=O)Nc3ccc(S(=O)(=O)N(C)C)cc3)c(C)cc2c1. The van der Waals surface area contributed by atoms with Crippen molar-refractivity contribution < 1.29 is 17.9 Å². The molecule has 9 heteroatoms. The fourth-order valence-corrected chi connectivity index (χ4v) is 4.59. The van der Waals surface area contributed by atoms with E-state index in [4.69, 9.17) is 4.74 Å². The fourth-order valence-electron chi connectivity index (χ4n) is 2.90. The molecule has 0 spiro atoms. The first-order valence-corrected chi connectivity index (χ1v) is 12.1. The Bertz CT molecular complexity index is 1190. The van der Waals surface area contributed by atoms with Gasteiger partial charge in [-0.1, -0.05) is 11.8 Å². The molecule has 31 heavy (non-hydrogen) atoms. The van der Waals surface area contributed by atoms with E-state index in [1.54, 1.807) is 12.1 Å². The zero-order valence-corrected chi connectivity index (χ0v) is 19.5. The average molecular weight is 460 g/mol. The van der Waals surface area contributed by atoms with Crippen molar-refractivity contribution >= 4 is 44.3 Å². The number of nitrogens with one attached hydrogen (secondary N) is 1. The molecular weight excluding hydrogens is 434 g/mol. The molecule has 0 bridgehead atoms. The lowest BCUT2D eigenvalue weighted by Crippen LogP contribution is -2.22. The number of ether oxygens (including phenoxy) is 1. The normalized spacial score (nSPS) is 11.6. The van der Waals surface area contributed by atoms with Crippen molar-refractivity contribution in [2.75, 3.05) is 31.8 Å². The second-order valence-electron chi connectivity index (χ2n) is 7.05. The van der Waals surface area contributed by atoms with Gasteiger partial charge >= 0.3 is 0 Å². The molecule has 7 nitrogen and oxygen atoms in total. The van der Waals surface area contributed by atoms with E-state index in [1.807, 2.05) is 38.1 Å². The molecule has 0 unspecified atom stereocenters. The van der Waals surface area contributed by atoms with E-state index >= 15 is 0 Å². The maximum Gasteiger partial charge on any atom is 0.242 e. The molecule has 0 radical (unpaired) electrons. The van der Waals surface area contributed by atoms with Gasteiger partial charge in [-0.25, -0.2) is 17.7 Å². The van der Waals surface area contributed by atoms with Crippen LogP contribution in [0.5, 0.6) is 5.75 Å². The lowest BCUT2D eigenvalue weighted by molar-refractivity contribution is -0.113. The molecule has 0 aliphatic rings. The van der Waals surface area contributed by atoms with E-state index in [2.05, 4.69) is 10.3 Å². The first-order chi connectivity index (χ1) is 14.7. The van der Waals surface area contributed by atoms with Crippen LogP contribution in [0.3, 0.4) is 0 Å². The number of rotatable bonds is 8. The topological polar surface area (TPSA) is 88.6 Å². The van der Waals surface area contributed by atoms with Crippen molar-refractivity contribution in [2.45, 2.75) is 23.8 Å². The predicted molar refractivity (Wildman–Crippen MR) is 124 cm³/mol. The molecule has 3 aromatic rings. The number of hydrogen-bond acceptors (Lipinski definition) is 6. The van der Waals surface area contributed by atoms with Gasteiger partial charge in [0.1, 0.15) is 10.8 Å². The van der Waals surface area contributed by atoms with Crippen LogP contribution in [0.25, 0.3) is 10.9 Å². The van der Waals surface area contributed by atoms with Crippen molar-refractivity contribution in [1.29, 1.82) is 0 Å². The smallest absolute Gasteiger partial charge is 0.242 e. The maximum absolute atomic E-state index is 12.4. The molecule has 1 amide bonds. The molecule has 164 valence electrons. The highest BCUT2D eigenvalue weighted by Gasteiger charge is 2.17. The molecule has 2 aromatic carbocycles. The van der Waals surface area contributed by atoms with E-state index in [9.17, 15) is 13.2 Å². The second-order valence-corrected chi connectivity index (χ2v) is 10.2. The van der Waals surface area contributed by atoms with Crippen molar-refractivity contribution in [2.24, 2.45) is 0 Å². The molecule has 0 saturated heterocycles. The summed E-state index contributed by atoms with van der Waals surface area (Å²) in [6.45, 7) is 4.51. The minimum absolute atomic E-state index is 0.174. The third-order valence-corrected chi connectivity index (χ3v) is 7.42. The number of sulfonamides is 1. The summed E-state index contributed by atoms with van der Waals surface area (Å²) in [6.07, 6.45) is 0. The number of hydrogen-bond donors (Lipinski definition) is 1. The summed E-state index contributed by atoms with van der Waals surface area (Å²) in [7, 11) is -0.547. The van der Waals surface area contributed by atoms with Crippen LogP contribution < -0.4 is 10.1 Å². The van der Waals surface area contributed by atoms with E-state index in [0.717, 1.165) is 31.5 Å². The molecular formula is C22H25N3O4S2. The largest absolute Gasteiger partial charge is 0.494 e. The summed E-state index contributed by atoms with van der Waals surface area (Å²) >= 11 is 1.36. The molecule has 0 atom stereocenters. The van der Waals surface area contributed by atoms with Crippen molar-refractivity contribution in [3.8, 4) is 5.75 Å². The van der Waals surface area contributed by atoms with E-state index in [0.29, 0.717) is 12.3 Å². The Hall–Kier alpha value is -2.62. The molecule has 1 N–H and O–H groups in total. The number of carbonyl (C=O) groups excluding carboxylic acids is 1. The Balaban J connectivity index is 1.64. The third-order valence-electron chi connectivity index (χ3n) is 4.50. The molecule has 0 fully saturated rings. The van der Waals surface area contributed by atoms with Crippen LogP contribution in [0.2, 0.25) is 0 Å². The third kappa shape index (κ3) is 5.55. The van der Waals surface area contributed by atoms with Gasteiger partial charge in [0.15, 0.2) is 0 Å². The number of pyridine rings is 1. The van der Waals surface area contributed by atoms with Crippen LogP contribution in [0.15, 0.2) is 58.5 Å². The number of fused-ring (bicyclic) bond motifs is 1. The standard InChI is InChI=1S/C22H25N3O4S2/c1-5-29-18-8-11-20-16(13-18)12-15(2)22(24-20)30-14-21(26)23-17-6-9-19(10-7-17)31(27,28)25(3)4/h6-13H,5,14H2,1-4H3,(H,23,26). The minimum atomic E-state index is -3.50. The number of anilines is 1. The van der Waals surface area contributed by atoms with Gasteiger partial charge in [-0.05, 0) is 67.9 Å². The molecule has 0 saturated carbocycles. The highest BCUT2D eigenvalue weighted by Crippen LogP contribution is 2.27. The monoisotopic (exact) mass is 459 g/mol. The molecule has 0 aliphatic heterocycles. The Labute approximate surface area is 186 Å². The van der Waals surface area contributed by atoms with Crippen LogP contribution in [-0.4, -0.2) is 50.1 Å². The summed E-state index contributed by atoms with van der Waals surface area (Å²) in [6, 6.07) is 13.9. The summed E-state index contributed by atoms with van der Waals surface area (Å²) in [5.74, 6) is 0.801. The van der Waals surface area contributed by atoms with Crippen molar-refractivity contribution in [1.82, 2.24) is 9.29 Å². The maximum atomic E-state index is 12.4. The molecule has 1 heterocycles. The Morgan fingerprint density at radius 1 is 1.13 bits per heavy atom. The Kier molecular flexibility index (Phi) is 7.19. The predicted octanol–water partition coefficient (Wildman–Crippen LogP) is 3.92. The minimum Gasteiger partial charge on any atom is -0.494 e. The zero-order valence-electron chi connectivity index (χ0n) is 17.9. The molecule has 3 rings (SSSR count). The van der Waals surface area contributed by atoms with Crippen LogP contribution in [0, 0.1) is 6.92 Å². The lowest BCUT2D eigenvalue weighted by Gasteiger charge is -2.12. The van der Waals surface area contributed by atoms with Crippen molar-refractivity contribution in [3.63, 3.8) is 0 Å². The van der Waals surface area contributed by atoms with Gasteiger partial charge < -0.3 is 10.1 Å². The summed E-state index contributed by atoms with van der Waals surface area (Å²) < 4.78 is 30.9. The van der Waals surface area contributed by atoms with Crippen LogP contribution in [-0.2, 0) is 14.8 Å². The number of carbonyl (C=O) groups is 1. The molecule has 1 aromatic heterocycles. The second kappa shape index (κ2) is 9.67. The number of aryl methyl sites for hydroxylation is 1. The lowest BCUT2D eigenvalue weighted by atomic mass is 10.1. The number of aromatic nitrogens is 1. The van der Waals surface area contributed by atoms with Gasteiger partial charge in [-0.2, -0.15) is 0 Å². The Morgan fingerprint density at radius 3 is 2.48 bits per heavy atom. The summed E-state index contributed by atoms with van der Waals surface area (Å²) in [5, 5.41) is 4.57. The van der Waals surface area contributed by atoms with Crippen LogP contribution >= 0.6 is 11.8 Å². The van der Waals surface area contributed by atoms with E-state index in [1.165, 1.54) is 38.0 Å². The first-order valence-electron chi connectivity index (χ1n) is 9.70. The van der Waals surface area contributed by atoms with E-state index in [-0.39, 0.29) is 16.6 Å². The zero-order chi connectivity index (χ0) is 22.6. The highest BCUT2D eigenvalue weighted by molar-refractivity contribution is 8.00. The average Bonchev–Trinajstić information content (AvgIpc) is 2.72. The van der Waals surface area contributed by atoms with Crippen LogP contribution in [0.4, 0.5) is 5.69 Å². The summed E-state index contributed by atoms with van der Waals surface area (Å²) in [4.78, 5) is 17.2. The highest BCUT2D eigenvalue weighted by atomic mass is 32.2. The molecule has 0 aliphatic carbocycles. The number of thioether (sulfide) groups is 1. The van der Waals surface area contributed by atoms with Gasteiger partial charge in [0.2, 0.25) is 15.9 Å². The Morgan fingerprint density at radius 2 is 1.84 bits per heavy atom. The quantitative estimate of drug-likeness (QED) is 0.514. The van der Waals surface area contributed by atoms with Gasteiger partial charge in [0, 0.05) is 25.2 Å². The van der Waals surface area contributed by atoms with Gasteiger partial charge in [0.25, 0.3) is 0 Å². The van der Waals surface area contributed by atoms with Crippen LogP contribution in [0.1, 0.15) is 12.5 Å². The number of nitrogens with zero attached hydrogens (tertiary/aromatic N) is 2. The fraction of sp³-hybridized carbons (Fsp3) is 0.273. The number of amides is 1.